The summed E-state index contributed by atoms with van der Waals surface area (Å²) in [6.07, 6.45) is 1.80. The maximum absolute atomic E-state index is 13.6. The maximum Gasteiger partial charge on any atom is 0.357 e. The van der Waals surface area contributed by atoms with Crippen LogP contribution in [0.3, 0.4) is 0 Å². The van der Waals surface area contributed by atoms with Crippen LogP contribution in [0.25, 0.3) is 0 Å². The molecule has 0 aliphatic rings. The molecule has 0 aliphatic heterocycles. The first-order valence-electron chi connectivity index (χ1n) is 11.6. The Balaban J connectivity index is 2.35. The van der Waals surface area contributed by atoms with E-state index in [1.807, 2.05) is 51.4 Å². The summed E-state index contributed by atoms with van der Waals surface area (Å²) in [5.41, 5.74) is 1.01. The molecule has 0 aromatic heterocycles. The Morgan fingerprint density at radius 1 is 1.12 bits per heavy atom. The number of nitrogens with one attached hydrogen (secondary N) is 1. The van der Waals surface area contributed by atoms with Gasteiger partial charge in [0.05, 0.1) is 13.7 Å². The molecule has 2 N–H and O–H groups in total. The number of hydrogen-bond acceptors (Lipinski definition) is 6. The van der Waals surface area contributed by atoms with Gasteiger partial charge >= 0.3 is 10.0 Å². The summed E-state index contributed by atoms with van der Waals surface area (Å²) in [5, 5.41) is 14.5. The summed E-state index contributed by atoms with van der Waals surface area (Å²) >= 11 is 0. The summed E-state index contributed by atoms with van der Waals surface area (Å²) in [6, 6.07) is 15.7. The second-order valence-electron chi connectivity index (χ2n) is 8.85. The zero-order valence-electron chi connectivity index (χ0n) is 20.6. The van der Waals surface area contributed by atoms with Crippen LogP contribution in [0.2, 0.25) is 0 Å². The molecule has 0 heterocycles. The van der Waals surface area contributed by atoms with Crippen molar-refractivity contribution in [1.82, 2.24) is 10.2 Å². The van der Waals surface area contributed by atoms with Crippen LogP contribution in [0.4, 0.5) is 0 Å². The molecule has 0 saturated carbocycles. The summed E-state index contributed by atoms with van der Waals surface area (Å²) in [7, 11) is 1.00. The van der Waals surface area contributed by atoms with Gasteiger partial charge in [0.25, 0.3) is 0 Å². The summed E-state index contributed by atoms with van der Waals surface area (Å²) in [5.74, 6) is 0.0863. The molecule has 0 aliphatic carbocycles. The molecule has 188 valence electrons. The largest absolute Gasteiger partial charge is 0.497 e. The molecule has 0 fully saturated rings. The summed E-state index contributed by atoms with van der Waals surface area (Å²) < 4.78 is 31.3. The van der Waals surface area contributed by atoms with E-state index in [0.717, 1.165) is 12.0 Å². The highest BCUT2D eigenvalue weighted by molar-refractivity contribution is 7.85. The quantitative estimate of drug-likeness (QED) is 0.311. The Morgan fingerprint density at radius 2 is 1.76 bits per heavy atom. The second-order valence-corrected chi connectivity index (χ2v) is 11.0. The van der Waals surface area contributed by atoms with Crippen LogP contribution in [0, 0.1) is 5.92 Å². The number of carbonyl (C=O) groups is 1. The molecule has 9 heteroatoms. The lowest BCUT2D eigenvalue weighted by Gasteiger charge is -2.32. The molecule has 2 rings (SSSR count). The van der Waals surface area contributed by atoms with Crippen molar-refractivity contribution in [1.29, 1.82) is 0 Å². The minimum atomic E-state index is -4.13. The van der Waals surface area contributed by atoms with E-state index < -0.39 is 14.1 Å². The molecule has 1 unspecified atom stereocenters. The van der Waals surface area contributed by atoms with Gasteiger partial charge in [0.15, 0.2) is 0 Å². The van der Waals surface area contributed by atoms with E-state index >= 15 is 0 Å². The number of ether oxygens (including phenoxy) is 1. The third kappa shape index (κ3) is 7.80. The third-order valence-corrected chi connectivity index (χ3v) is 7.72. The first-order chi connectivity index (χ1) is 16.1. The van der Waals surface area contributed by atoms with E-state index in [-0.39, 0.29) is 42.9 Å². The molecular weight excluding hydrogens is 454 g/mol. The zero-order valence-corrected chi connectivity index (χ0v) is 21.4. The monoisotopic (exact) mass is 492 g/mol. The molecule has 8 nitrogen and oxygen atoms in total. The Labute approximate surface area is 203 Å². The number of amides is 1. The Kier molecular flexibility index (Phi) is 10.5. The van der Waals surface area contributed by atoms with Gasteiger partial charge in [-0.05, 0) is 50.3 Å². The number of nitrogens with zero attached hydrogens (tertiary/aromatic N) is 2. The van der Waals surface area contributed by atoms with Gasteiger partial charge in [-0.3, -0.25) is 4.79 Å². The Morgan fingerprint density at radius 3 is 2.32 bits per heavy atom. The van der Waals surface area contributed by atoms with Crippen molar-refractivity contribution < 1.29 is 27.2 Å². The fraction of sp³-hybridized carbons (Fsp3) is 0.480. The molecular formula is C25H38N3O5S+. The van der Waals surface area contributed by atoms with E-state index in [4.69, 9.17) is 4.74 Å². The standard InChI is InChI=1S/C25H37N3O5S/c1-5-6-16-28(30,34(31,32)24-14-12-23(33-4)13-15-24)20-22(17-21-10-8-7-9-11-21)18-26-25(29)19-27(2)3/h7-15,22,30H,5-6,16-20H2,1-4H3/p+1/t22-,28?/m1/s1. The highest BCUT2D eigenvalue weighted by Gasteiger charge is 2.44. The van der Waals surface area contributed by atoms with Crippen LogP contribution in [-0.2, 0) is 21.2 Å². The molecule has 1 amide bonds. The van der Waals surface area contributed by atoms with Gasteiger partial charge in [-0.2, -0.15) is 8.42 Å². The first-order valence-corrected chi connectivity index (χ1v) is 13.0. The number of likely N-dealkylation sites (N-methyl/N-ethyl adjacent to an activating group) is 1. The number of sulfonamides is 1. The zero-order chi connectivity index (χ0) is 25.2. The highest BCUT2D eigenvalue weighted by Crippen LogP contribution is 2.27. The fourth-order valence-corrected chi connectivity index (χ4v) is 5.46. The van der Waals surface area contributed by atoms with Crippen LogP contribution in [0.5, 0.6) is 5.75 Å². The van der Waals surface area contributed by atoms with E-state index in [0.29, 0.717) is 18.6 Å². The predicted molar refractivity (Wildman–Crippen MR) is 132 cm³/mol. The van der Waals surface area contributed by atoms with Crippen molar-refractivity contribution in [3.05, 3.63) is 60.2 Å². The van der Waals surface area contributed by atoms with Gasteiger partial charge in [0.2, 0.25) is 5.91 Å². The van der Waals surface area contributed by atoms with Crippen LogP contribution in [0.1, 0.15) is 25.3 Å². The lowest BCUT2D eigenvalue weighted by Crippen LogP contribution is -2.54. The number of methoxy groups -OCH3 is 1. The molecule has 0 bridgehead atoms. The van der Waals surface area contributed by atoms with E-state index in [2.05, 4.69) is 5.32 Å². The van der Waals surface area contributed by atoms with Crippen molar-refractivity contribution in [2.24, 2.45) is 5.92 Å². The molecule has 2 aromatic rings. The van der Waals surface area contributed by atoms with Crippen molar-refractivity contribution in [3.8, 4) is 5.75 Å². The number of unbranched alkanes of at least 4 members (excludes halogenated alkanes) is 1. The number of hydroxylamine groups is 2. The molecule has 0 radical (unpaired) electrons. The van der Waals surface area contributed by atoms with Gasteiger partial charge in [0, 0.05) is 18.9 Å². The van der Waals surface area contributed by atoms with Gasteiger partial charge in [-0.25, -0.2) is 5.21 Å². The topological polar surface area (TPSA) is 95.9 Å². The van der Waals surface area contributed by atoms with Gasteiger partial charge < -0.3 is 15.0 Å². The Hall–Kier alpha value is -2.46. The van der Waals surface area contributed by atoms with Crippen molar-refractivity contribution >= 4 is 15.9 Å². The SMILES string of the molecule is CCCC[N+](O)(C[C@@H](CNC(=O)CN(C)C)Cc1ccccc1)S(=O)(=O)c1ccc(OC)cc1. The fourth-order valence-electron chi connectivity index (χ4n) is 3.81. The van der Waals surface area contributed by atoms with Crippen molar-refractivity contribution in [3.63, 3.8) is 0 Å². The number of hydrogen-bond donors (Lipinski definition) is 2. The normalized spacial score (nSPS) is 14.4. The van der Waals surface area contributed by atoms with Gasteiger partial charge in [0.1, 0.15) is 23.7 Å². The van der Waals surface area contributed by atoms with E-state index in [9.17, 15) is 18.4 Å². The first kappa shape index (κ1) is 27.8. The second kappa shape index (κ2) is 12.9. The summed E-state index contributed by atoms with van der Waals surface area (Å²) in [4.78, 5) is 14.1. The van der Waals surface area contributed by atoms with Gasteiger partial charge in [-0.1, -0.05) is 47.7 Å². The van der Waals surface area contributed by atoms with Crippen LogP contribution in [0.15, 0.2) is 59.5 Å². The smallest absolute Gasteiger partial charge is 0.357 e. The van der Waals surface area contributed by atoms with Crippen molar-refractivity contribution in [2.45, 2.75) is 31.1 Å². The molecule has 2 aromatic carbocycles. The lowest BCUT2D eigenvalue weighted by atomic mass is 9.99. The van der Waals surface area contributed by atoms with Crippen LogP contribution >= 0.6 is 0 Å². The minimum Gasteiger partial charge on any atom is -0.497 e. The van der Waals surface area contributed by atoms with Crippen LogP contribution in [-0.4, -0.2) is 75.9 Å². The molecule has 0 spiro atoms. The van der Waals surface area contributed by atoms with E-state index in [1.165, 1.54) is 19.2 Å². The minimum absolute atomic E-state index is 0.0296. The van der Waals surface area contributed by atoms with Crippen LogP contribution < -0.4 is 10.1 Å². The predicted octanol–water partition coefficient (Wildman–Crippen LogP) is 2.93. The number of benzene rings is 2. The highest BCUT2D eigenvalue weighted by atomic mass is 32.2. The average Bonchev–Trinajstić information content (AvgIpc) is 2.81. The van der Waals surface area contributed by atoms with Gasteiger partial charge in [-0.15, -0.1) is 0 Å². The molecule has 34 heavy (non-hydrogen) atoms. The molecule has 2 atom stereocenters. The Bertz CT molecular complexity index is 997. The number of quaternary nitrogens is 1. The average molecular weight is 493 g/mol. The molecule has 0 saturated heterocycles. The third-order valence-electron chi connectivity index (χ3n) is 5.62. The number of carbonyl (C=O) groups excluding carboxylic acids is 1. The van der Waals surface area contributed by atoms with E-state index in [1.54, 1.807) is 17.0 Å². The maximum atomic E-state index is 13.6. The lowest BCUT2D eigenvalue weighted by molar-refractivity contribution is -1.00. The number of rotatable bonds is 14. The summed E-state index contributed by atoms with van der Waals surface area (Å²) in [6.45, 7) is 2.45. The van der Waals surface area contributed by atoms with Crippen molar-refractivity contribution in [2.75, 3.05) is 47.4 Å².